The number of carbonyl (C=O) groups excluding carboxylic acids is 1. The molecule has 4 saturated carbocycles. The number of carbonyl (C=O) groups is 1. The molecule has 3 nitrogen and oxygen atoms in total. The third-order valence-corrected chi connectivity index (χ3v) is 13.7. The molecule has 2 bridgehead atoms. The lowest BCUT2D eigenvalue weighted by Crippen LogP contribution is -2.64. The Morgan fingerprint density at radius 3 is 2.50 bits per heavy atom. The number of fused-ring (bicyclic) bond motifs is 3. The van der Waals surface area contributed by atoms with Crippen molar-refractivity contribution in [2.45, 2.75) is 136 Å². The zero-order valence-electron chi connectivity index (χ0n) is 24.2. The number of halogens is 1. The fourth-order valence-electron chi connectivity index (χ4n) is 10.1. The van der Waals surface area contributed by atoms with Gasteiger partial charge in [0.2, 0.25) is 0 Å². The average molecular weight is 566 g/mol. The average Bonchev–Trinajstić information content (AvgIpc) is 3.21. The lowest BCUT2D eigenvalue weighted by Gasteiger charge is -2.63. The Bertz CT molecular complexity index is 834. The van der Waals surface area contributed by atoms with Crippen LogP contribution in [0, 0.1) is 51.8 Å². The molecule has 0 amide bonds. The molecular formula is C32H53BrO3. The summed E-state index contributed by atoms with van der Waals surface area (Å²) < 4.78 is 12.7. The van der Waals surface area contributed by atoms with Crippen molar-refractivity contribution in [3.8, 4) is 0 Å². The van der Waals surface area contributed by atoms with Gasteiger partial charge in [-0.3, -0.25) is 4.79 Å². The largest absolute Gasteiger partial charge is 0.462 e. The maximum absolute atomic E-state index is 12.7. The maximum Gasteiger partial charge on any atom is 0.311 e. The number of alkyl halides is 1. The molecule has 10 atom stereocenters. The lowest BCUT2D eigenvalue weighted by molar-refractivity contribution is -0.166. The summed E-state index contributed by atoms with van der Waals surface area (Å²) >= 11 is 4.34. The van der Waals surface area contributed by atoms with Gasteiger partial charge in [0.1, 0.15) is 6.10 Å². The van der Waals surface area contributed by atoms with Crippen molar-refractivity contribution in [2.75, 3.05) is 6.61 Å². The van der Waals surface area contributed by atoms with Crippen LogP contribution in [0.3, 0.4) is 0 Å². The van der Waals surface area contributed by atoms with Crippen LogP contribution in [0.4, 0.5) is 0 Å². The summed E-state index contributed by atoms with van der Waals surface area (Å²) in [6, 6.07) is 0. The fourth-order valence-corrected chi connectivity index (χ4v) is 11.4. The van der Waals surface area contributed by atoms with E-state index in [1.54, 1.807) is 0 Å². The highest BCUT2D eigenvalue weighted by Crippen LogP contribution is 2.73. The van der Waals surface area contributed by atoms with Crippen LogP contribution in [0.1, 0.15) is 119 Å². The van der Waals surface area contributed by atoms with Crippen molar-refractivity contribution in [3.05, 3.63) is 0 Å². The highest BCUT2D eigenvalue weighted by molar-refractivity contribution is 9.10. The highest BCUT2D eigenvalue weighted by atomic mass is 79.9. The van der Waals surface area contributed by atoms with Gasteiger partial charge >= 0.3 is 5.97 Å². The van der Waals surface area contributed by atoms with Crippen molar-refractivity contribution >= 4 is 21.9 Å². The molecule has 0 aromatic carbocycles. The Morgan fingerprint density at radius 1 is 1.06 bits per heavy atom. The van der Waals surface area contributed by atoms with E-state index in [1.165, 1.54) is 51.4 Å². The molecule has 206 valence electrons. The lowest BCUT2D eigenvalue weighted by atomic mass is 9.44. The monoisotopic (exact) mass is 564 g/mol. The van der Waals surface area contributed by atoms with Crippen LogP contribution < -0.4 is 0 Å². The van der Waals surface area contributed by atoms with Crippen LogP contribution in [-0.2, 0) is 14.3 Å². The van der Waals surface area contributed by atoms with Gasteiger partial charge in [-0.2, -0.15) is 0 Å². The number of hydrogen-bond donors (Lipinski definition) is 0. The topological polar surface area (TPSA) is 35.5 Å². The Morgan fingerprint density at radius 2 is 1.81 bits per heavy atom. The minimum absolute atomic E-state index is 0.0152. The van der Waals surface area contributed by atoms with E-state index in [0.29, 0.717) is 5.41 Å². The number of rotatable bonds is 6. The standard InChI is InChI=1S/C32H53BrO3/c1-20(2)9-8-10-21(3)24-11-12-25-23-17-27-32(33)18-22(36-28(34)29(4,5)6)13-16-31(32,19-35-27)26(23)14-15-30(24,25)7/h20-27H,8-19H2,1-7H3/t21-,22+,23?,24-,25?,26?,27-,30-,31+,32+/m1/s1. The molecule has 1 aliphatic heterocycles. The zero-order valence-corrected chi connectivity index (χ0v) is 25.8. The Kier molecular flexibility index (Phi) is 7.27. The molecule has 36 heavy (non-hydrogen) atoms. The maximum atomic E-state index is 12.7. The Balaban J connectivity index is 1.31. The highest BCUT2D eigenvalue weighted by Gasteiger charge is 2.72. The second kappa shape index (κ2) is 9.53. The quantitative estimate of drug-likeness (QED) is 0.239. The van der Waals surface area contributed by atoms with E-state index in [1.807, 2.05) is 20.8 Å². The van der Waals surface area contributed by atoms with Gasteiger partial charge in [-0.1, -0.05) is 62.9 Å². The van der Waals surface area contributed by atoms with Gasteiger partial charge in [0.05, 0.1) is 22.5 Å². The second-order valence-electron chi connectivity index (χ2n) is 15.5. The molecule has 1 saturated heterocycles. The van der Waals surface area contributed by atoms with Crippen molar-refractivity contribution in [1.29, 1.82) is 0 Å². The van der Waals surface area contributed by atoms with E-state index < -0.39 is 5.41 Å². The summed E-state index contributed by atoms with van der Waals surface area (Å²) in [5.41, 5.74) is 0.286. The van der Waals surface area contributed by atoms with E-state index in [4.69, 9.17) is 9.47 Å². The summed E-state index contributed by atoms with van der Waals surface area (Å²) in [7, 11) is 0. The molecule has 4 aliphatic carbocycles. The van der Waals surface area contributed by atoms with Crippen LogP contribution in [0.25, 0.3) is 0 Å². The summed E-state index contributed by atoms with van der Waals surface area (Å²) in [5, 5.41) is 0. The molecule has 0 aromatic rings. The van der Waals surface area contributed by atoms with Crippen molar-refractivity contribution in [3.63, 3.8) is 0 Å². The smallest absolute Gasteiger partial charge is 0.311 e. The summed E-state index contributed by atoms with van der Waals surface area (Å²) in [4.78, 5) is 12.7. The molecule has 0 radical (unpaired) electrons. The van der Waals surface area contributed by atoms with Crippen molar-refractivity contribution in [1.82, 2.24) is 0 Å². The van der Waals surface area contributed by atoms with E-state index in [-0.39, 0.29) is 27.9 Å². The molecule has 5 rings (SSSR count). The number of esters is 1. The van der Waals surface area contributed by atoms with Gasteiger partial charge < -0.3 is 9.47 Å². The second-order valence-corrected chi connectivity index (χ2v) is 16.9. The Labute approximate surface area is 229 Å². The van der Waals surface area contributed by atoms with E-state index in [0.717, 1.165) is 61.4 Å². The third kappa shape index (κ3) is 4.25. The molecule has 5 aliphatic rings. The summed E-state index contributed by atoms with van der Waals surface area (Å²) in [6.45, 7) is 16.8. The first kappa shape index (κ1) is 27.5. The minimum atomic E-state index is -0.444. The van der Waals surface area contributed by atoms with E-state index in [9.17, 15) is 4.79 Å². The van der Waals surface area contributed by atoms with Crippen LogP contribution >= 0.6 is 15.9 Å². The van der Waals surface area contributed by atoms with Crippen LogP contribution in [-0.4, -0.2) is 29.1 Å². The normalized spacial score (nSPS) is 46.7. The van der Waals surface area contributed by atoms with Crippen molar-refractivity contribution in [2.24, 2.45) is 51.8 Å². The first-order valence-electron chi connectivity index (χ1n) is 15.3. The van der Waals surface area contributed by atoms with Gasteiger partial charge in [-0.15, -0.1) is 0 Å². The molecule has 5 fully saturated rings. The van der Waals surface area contributed by atoms with Gasteiger partial charge in [0.15, 0.2) is 0 Å². The minimum Gasteiger partial charge on any atom is -0.462 e. The zero-order chi connectivity index (χ0) is 26.1. The van der Waals surface area contributed by atoms with Gasteiger partial charge in [0, 0.05) is 11.8 Å². The predicted molar refractivity (Wildman–Crippen MR) is 150 cm³/mol. The van der Waals surface area contributed by atoms with E-state index >= 15 is 0 Å². The number of ether oxygens (including phenoxy) is 2. The molecule has 0 N–H and O–H groups in total. The summed E-state index contributed by atoms with van der Waals surface area (Å²) in [5.74, 6) is 4.94. The third-order valence-electron chi connectivity index (χ3n) is 12.0. The molecular weight excluding hydrogens is 512 g/mol. The first-order valence-corrected chi connectivity index (χ1v) is 16.1. The van der Waals surface area contributed by atoms with Gasteiger partial charge in [-0.25, -0.2) is 0 Å². The van der Waals surface area contributed by atoms with Crippen molar-refractivity contribution < 1.29 is 14.3 Å². The Hall–Kier alpha value is -0.0900. The van der Waals surface area contributed by atoms with E-state index in [2.05, 4.69) is 43.6 Å². The fraction of sp³-hybridized carbons (Fsp3) is 0.969. The van der Waals surface area contributed by atoms with Crippen LogP contribution in [0.2, 0.25) is 0 Å². The SMILES string of the molecule is CC(C)CCC[C@@H](C)[C@H]1CCC2C3C[C@H]4OC[C@@]5(CC[C@H](OC(=O)C(C)(C)C)C[C@]45Br)C3CC[C@@]21C. The van der Waals surface area contributed by atoms with Gasteiger partial charge in [-0.05, 0) is 107 Å². The molecule has 0 spiro atoms. The van der Waals surface area contributed by atoms with Crippen LogP contribution in [0.15, 0.2) is 0 Å². The molecule has 4 heteroatoms. The van der Waals surface area contributed by atoms with Crippen LogP contribution in [0.5, 0.6) is 0 Å². The predicted octanol–water partition coefficient (Wildman–Crippen LogP) is 8.57. The van der Waals surface area contributed by atoms with Gasteiger partial charge in [0.25, 0.3) is 0 Å². The first-order chi connectivity index (χ1) is 16.8. The summed E-state index contributed by atoms with van der Waals surface area (Å²) in [6.07, 6.45) is 14.3. The number of hydrogen-bond acceptors (Lipinski definition) is 3. The molecule has 0 aromatic heterocycles. The molecule has 3 unspecified atom stereocenters. The molecule has 1 heterocycles.